The molecular weight excluding hydrogens is 238 g/mol. The highest BCUT2D eigenvalue weighted by Crippen LogP contribution is 2.22. The summed E-state index contributed by atoms with van der Waals surface area (Å²) in [7, 11) is 0. The first kappa shape index (κ1) is 14.5. The Kier molecular flexibility index (Phi) is 5.83. The van der Waals surface area contributed by atoms with E-state index in [9.17, 15) is 0 Å². The molecule has 0 bridgehead atoms. The molecule has 0 spiro atoms. The van der Waals surface area contributed by atoms with Crippen LogP contribution >= 0.6 is 0 Å². The van der Waals surface area contributed by atoms with Crippen molar-refractivity contribution in [2.45, 2.75) is 38.9 Å². The number of aryl methyl sites for hydroxylation is 1. The molecule has 3 nitrogen and oxygen atoms in total. The van der Waals surface area contributed by atoms with E-state index < -0.39 is 0 Å². The van der Waals surface area contributed by atoms with Gasteiger partial charge in [-0.05, 0) is 37.4 Å². The molecule has 3 heteroatoms. The van der Waals surface area contributed by atoms with Crippen LogP contribution < -0.4 is 5.32 Å². The predicted octanol–water partition coefficient (Wildman–Crippen LogP) is 2.84. The van der Waals surface area contributed by atoms with Crippen LogP contribution in [0.25, 0.3) is 0 Å². The average molecular weight is 263 g/mol. The molecule has 1 saturated heterocycles. The summed E-state index contributed by atoms with van der Waals surface area (Å²) in [6.45, 7) is 7.67. The molecule has 0 aliphatic carbocycles. The number of benzene rings is 1. The van der Waals surface area contributed by atoms with Crippen molar-refractivity contribution in [2.24, 2.45) is 0 Å². The third-order valence-corrected chi connectivity index (χ3v) is 3.62. The van der Waals surface area contributed by atoms with E-state index in [1.54, 1.807) is 0 Å². The molecule has 0 saturated carbocycles. The Balaban J connectivity index is 1.96. The number of nitrogens with one attached hydrogen (secondary N) is 1. The monoisotopic (exact) mass is 263 g/mol. The number of rotatable bonds is 7. The highest BCUT2D eigenvalue weighted by atomic mass is 16.5. The molecule has 0 radical (unpaired) electrons. The van der Waals surface area contributed by atoms with Gasteiger partial charge in [0, 0.05) is 13.2 Å². The Morgan fingerprint density at radius 2 is 2.26 bits per heavy atom. The van der Waals surface area contributed by atoms with Crippen LogP contribution in [0, 0.1) is 6.92 Å². The van der Waals surface area contributed by atoms with Gasteiger partial charge in [0.1, 0.15) is 0 Å². The summed E-state index contributed by atoms with van der Waals surface area (Å²) < 4.78 is 11.7. The molecule has 0 aromatic heterocycles. The topological polar surface area (TPSA) is 30.5 Å². The quantitative estimate of drug-likeness (QED) is 0.820. The Morgan fingerprint density at radius 1 is 1.42 bits per heavy atom. The molecule has 1 fully saturated rings. The van der Waals surface area contributed by atoms with Crippen molar-refractivity contribution in [1.29, 1.82) is 0 Å². The summed E-state index contributed by atoms with van der Waals surface area (Å²) in [5.41, 5.74) is 2.57. The average Bonchev–Trinajstić information content (AvgIpc) is 2.93. The molecule has 106 valence electrons. The van der Waals surface area contributed by atoms with Crippen LogP contribution in [0.15, 0.2) is 24.3 Å². The van der Waals surface area contributed by atoms with E-state index >= 15 is 0 Å². The van der Waals surface area contributed by atoms with Gasteiger partial charge in [-0.15, -0.1) is 0 Å². The van der Waals surface area contributed by atoms with Gasteiger partial charge < -0.3 is 14.8 Å². The van der Waals surface area contributed by atoms with Crippen LogP contribution in [0.2, 0.25) is 0 Å². The van der Waals surface area contributed by atoms with Crippen LogP contribution in [0.5, 0.6) is 0 Å². The molecule has 2 rings (SSSR count). The Hall–Kier alpha value is -0.900. The summed E-state index contributed by atoms with van der Waals surface area (Å²) in [6, 6.07) is 8.45. The van der Waals surface area contributed by atoms with E-state index in [2.05, 4.69) is 43.4 Å². The Morgan fingerprint density at radius 3 is 2.95 bits per heavy atom. The zero-order chi connectivity index (χ0) is 13.5. The highest BCUT2D eigenvalue weighted by molar-refractivity contribution is 5.28. The fraction of sp³-hybridized carbons (Fsp3) is 0.625. The second kappa shape index (κ2) is 7.63. The third-order valence-electron chi connectivity index (χ3n) is 3.62. The number of hydrogen-bond donors (Lipinski definition) is 1. The molecule has 1 aromatic rings. The number of likely N-dealkylation sites (N-methyl/N-ethyl adjacent to an activating group) is 1. The first-order valence-corrected chi connectivity index (χ1v) is 7.30. The minimum atomic E-state index is 0.116. The minimum absolute atomic E-state index is 0.116. The standard InChI is InChI=1S/C16H25NO2/c1-3-17-11-16(15-9-5-4-7-13(15)2)19-12-14-8-6-10-18-14/h4-5,7,9,14,16-17H,3,6,8,10-12H2,1-2H3. The summed E-state index contributed by atoms with van der Waals surface area (Å²) >= 11 is 0. The van der Waals surface area contributed by atoms with Crippen molar-refractivity contribution in [3.8, 4) is 0 Å². The van der Waals surface area contributed by atoms with Crippen LogP contribution in [-0.4, -0.2) is 32.4 Å². The maximum absolute atomic E-state index is 6.11. The molecule has 19 heavy (non-hydrogen) atoms. The normalized spacial score (nSPS) is 20.6. The summed E-state index contributed by atoms with van der Waals surface area (Å²) in [4.78, 5) is 0. The summed E-state index contributed by atoms with van der Waals surface area (Å²) in [5, 5.41) is 3.38. The Bertz CT molecular complexity index is 375. The zero-order valence-electron chi connectivity index (χ0n) is 12.0. The van der Waals surface area contributed by atoms with Crippen molar-refractivity contribution in [1.82, 2.24) is 5.32 Å². The van der Waals surface area contributed by atoms with E-state index in [-0.39, 0.29) is 12.2 Å². The molecule has 1 aliphatic heterocycles. The van der Waals surface area contributed by atoms with E-state index in [0.29, 0.717) is 6.61 Å². The fourth-order valence-electron chi connectivity index (χ4n) is 2.48. The lowest BCUT2D eigenvalue weighted by molar-refractivity contribution is -0.0210. The van der Waals surface area contributed by atoms with Crippen LogP contribution in [0.1, 0.15) is 37.0 Å². The second-order valence-corrected chi connectivity index (χ2v) is 5.12. The van der Waals surface area contributed by atoms with Gasteiger partial charge in [0.25, 0.3) is 0 Å². The number of hydrogen-bond acceptors (Lipinski definition) is 3. The fourth-order valence-corrected chi connectivity index (χ4v) is 2.48. The van der Waals surface area contributed by atoms with Gasteiger partial charge in [-0.1, -0.05) is 31.2 Å². The molecule has 1 heterocycles. The van der Waals surface area contributed by atoms with E-state index in [1.807, 2.05) is 0 Å². The van der Waals surface area contributed by atoms with Crippen LogP contribution in [-0.2, 0) is 9.47 Å². The Labute approximate surface area is 116 Å². The SMILES string of the molecule is CCNCC(OCC1CCCO1)c1ccccc1C. The van der Waals surface area contributed by atoms with Crippen LogP contribution in [0.4, 0.5) is 0 Å². The van der Waals surface area contributed by atoms with Crippen molar-refractivity contribution >= 4 is 0 Å². The first-order valence-electron chi connectivity index (χ1n) is 7.30. The lowest BCUT2D eigenvalue weighted by Crippen LogP contribution is -2.26. The van der Waals surface area contributed by atoms with Crippen molar-refractivity contribution in [3.05, 3.63) is 35.4 Å². The molecule has 1 aliphatic rings. The molecule has 1 N–H and O–H groups in total. The lowest BCUT2D eigenvalue weighted by Gasteiger charge is -2.22. The van der Waals surface area contributed by atoms with Crippen molar-refractivity contribution in [2.75, 3.05) is 26.3 Å². The molecule has 1 aromatic carbocycles. The van der Waals surface area contributed by atoms with Gasteiger partial charge in [0.05, 0.1) is 18.8 Å². The van der Waals surface area contributed by atoms with E-state index in [1.165, 1.54) is 11.1 Å². The van der Waals surface area contributed by atoms with Gasteiger partial charge >= 0.3 is 0 Å². The molecule has 2 atom stereocenters. The van der Waals surface area contributed by atoms with Crippen molar-refractivity contribution in [3.63, 3.8) is 0 Å². The van der Waals surface area contributed by atoms with Gasteiger partial charge in [0.15, 0.2) is 0 Å². The molecular formula is C16H25NO2. The first-order chi connectivity index (χ1) is 9.31. The summed E-state index contributed by atoms with van der Waals surface area (Å²) in [5.74, 6) is 0. The van der Waals surface area contributed by atoms with Crippen molar-refractivity contribution < 1.29 is 9.47 Å². The number of ether oxygens (including phenoxy) is 2. The largest absolute Gasteiger partial charge is 0.376 e. The minimum Gasteiger partial charge on any atom is -0.376 e. The summed E-state index contributed by atoms with van der Waals surface area (Å²) in [6.07, 6.45) is 2.69. The smallest absolute Gasteiger partial charge is 0.0953 e. The predicted molar refractivity (Wildman–Crippen MR) is 77.4 cm³/mol. The van der Waals surface area contributed by atoms with Gasteiger partial charge in [-0.3, -0.25) is 0 Å². The third kappa shape index (κ3) is 4.30. The van der Waals surface area contributed by atoms with E-state index in [0.717, 1.165) is 32.5 Å². The maximum Gasteiger partial charge on any atom is 0.0953 e. The maximum atomic E-state index is 6.11. The highest BCUT2D eigenvalue weighted by Gasteiger charge is 2.19. The van der Waals surface area contributed by atoms with Crippen LogP contribution in [0.3, 0.4) is 0 Å². The van der Waals surface area contributed by atoms with Gasteiger partial charge in [-0.2, -0.15) is 0 Å². The van der Waals surface area contributed by atoms with Gasteiger partial charge in [-0.25, -0.2) is 0 Å². The van der Waals surface area contributed by atoms with Gasteiger partial charge in [0.2, 0.25) is 0 Å². The zero-order valence-corrected chi connectivity index (χ0v) is 12.0. The lowest BCUT2D eigenvalue weighted by atomic mass is 10.0. The molecule has 0 amide bonds. The molecule has 2 unspecified atom stereocenters. The van der Waals surface area contributed by atoms with E-state index in [4.69, 9.17) is 9.47 Å². The second-order valence-electron chi connectivity index (χ2n) is 5.12.